The predicted octanol–water partition coefficient (Wildman–Crippen LogP) is -0.0718. The molecule has 6 nitrogen and oxygen atoms in total. The van der Waals surface area contributed by atoms with Crippen molar-refractivity contribution in [2.24, 2.45) is 14.1 Å². The van der Waals surface area contributed by atoms with Gasteiger partial charge in [-0.15, -0.1) is 0 Å². The molecule has 2 aromatic heterocycles. The van der Waals surface area contributed by atoms with E-state index in [0.717, 1.165) is 11.0 Å². The summed E-state index contributed by atoms with van der Waals surface area (Å²) < 4.78 is 4.15. The molecule has 18 heavy (non-hydrogen) atoms. The van der Waals surface area contributed by atoms with E-state index in [2.05, 4.69) is 0 Å². The summed E-state index contributed by atoms with van der Waals surface area (Å²) in [6.45, 7) is 2.69. The molecule has 96 valence electrons. The van der Waals surface area contributed by atoms with Gasteiger partial charge >= 0.3 is 5.69 Å². The number of aromatic nitrogens is 3. The second kappa shape index (κ2) is 4.29. The van der Waals surface area contributed by atoms with Gasteiger partial charge in [-0.25, -0.2) is 4.79 Å². The number of pyridine rings is 1. The molecular weight excluding hydrogens is 232 g/mol. The van der Waals surface area contributed by atoms with E-state index in [0.29, 0.717) is 12.1 Å². The molecule has 2 aromatic rings. The van der Waals surface area contributed by atoms with Crippen LogP contribution in [0.3, 0.4) is 0 Å². The normalized spacial score (nSPS) is 11.1. The summed E-state index contributed by atoms with van der Waals surface area (Å²) >= 11 is 0. The topological polar surface area (TPSA) is 72.8 Å². The maximum Gasteiger partial charge on any atom is 0.330 e. The molecule has 0 radical (unpaired) electrons. The highest BCUT2D eigenvalue weighted by Gasteiger charge is 2.10. The quantitative estimate of drug-likeness (QED) is 0.808. The smallest absolute Gasteiger partial charge is 0.330 e. The van der Waals surface area contributed by atoms with Gasteiger partial charge < -0.3 is 4.57 Å². The molecule has 0 saturated carbocycles. The van der Waals surface area contributed by atoms with Crippen molar-refractivity contribution in [2.75, 3.05) is 0 Å². The van der Waals surface area contributed by atoms with E-state index >= 15 is 0 Å². The number of nitrogens with one attached hydrogen (secondary N) is 1. The first-order chi connectivity index (χ1) is 8.49. The highest BCUT2D eigenvalue weighted by Crippen LogP contribution is 2.01. The van der Waals surface area contributed by atoms with Crippen LogP contribution < -0.4 is 16.7 Å². The van der Waals surface area contributed by atoms with Gasteiger partial charge in [0.1, 0.15) is 10.9 Å². The van der Waals surface area contributed by atoms with Gasteiger partial charge in [-0.1, -0.05) is 6.92 Å². The monoisotopic (exact) mass is 248 g/mol. The lowest BCUT2D eigenvalue weighted by atomic mass is 10.3. The summed E-state index contributed by atoms with van der Waals surface area (Å²) in [5.41, 5.74) is -0.130. The van der Waals surface area contributed by atoms with Gasteiger partial charge in [0.15, 0.2) is 0 Å². The molecule has 0 aliphatic carbocycles. The van der Waals surface area contributed by atoms with Gasteiger partial charge in [-0.05, 0) is 12.5 Å². The zero-order valence-electron chi connectivity index (χ0n) is 10.7. The lowest BCUT2D eigenvalue weighted by molar-refractivity contribution is 0.637. The molecule has 0 amide bonds. The molecule has 2 heterocycles. The molecule has 0 aliphatic heterocycles. The Balaban J connectivity index is 3.04. The van der Waals surface area contributed by atoms with Crippen molar-refractivity contribution in [1.29, 1.82) is 5.41 Å². The molecule has 0 aliphatic rings. The van der Waals surface area contributed by atoms with E-state index in [1.807, 2.05) is 6.92 Å². The van der Waals surface area contributed by atoms with Crippen molar-refractivity contribution < 1.29 is 0 Å². The van der Waals surface area contributed by atoms with Crippen LogP contribution >= 0.6 is 0 Å². The fourth-order valence-corrected chi connectivity index (χ4v) is 2.08. The Bertz CT molecular complexity index is 779. The third kappa shape index (κ3) is 1.61. The molecule has 0 unspecified atom stereocenters. The predicted molar refractivity (Wildman–Crippen MR) is 68.6 cm³/mol. The van der Waals surface area contributed by atoms with Crippen LogP contribution in [0.1, 0.15) is 13.3 Å². The van der Waals surface area contributed by atoms with Crippen molar-refractivity contribution in [3.8, 4) is 0 Å². The SMILES string of the molecule is CCCn1ccc2c(c1=N)c(=O)n(C)c(=O)n2C. The van der Waals surface area contributed by atoms with Crippen LogP contribution in [0.25, 0.3) is 10.9 Å². The minimum Gasteiger partial charge on any atom is -0.333 e. The van der Waals surface area contributed by atoms with Gasteiger partial charge in [-0.3, -0.25) is 19.3 Å². The first-order valence-electron chi connectivity index (χ1n) is 5.82. The summed E-state index contributed by atoms with van der Waals surface area (Å²) in [4.78, 5) is 23.9. The molecule has 6 heteroatoms. The van der Waals surface area contributed by atoms with E-state index in [-0.39, 0.29) is 16.6 Å². The first-order valence-corrected chi connectivity index (χ1v) is 5.82. The van der Waals surface area contributed by atoms with E-state index in [9.17, 15) is 9.59 Å². The average molecular weight is 248 g/mol. The van der Waals surface area contributed by atoms with Crippen LogP contribution in [0.4, 0.5) is 0 Å². The standard InChI is InChI=1S/C12H16N4O2/c1-4-6-16-7-5-8-9(10(16)13)11(17)15(3)12(18)14(8)2/h5,7,13H,4,6H2,1-3H3. The zero-order chi connectivity index (χ0) is 13.4. The van der Waals surface area contributed by atoms with Gasteiger partial charge in [0.05, 0.1) is 5.52 Å². The van der Waals surface area contributed by atoms with E-state index in [1.165, 1.54) is 11.6 Å². The molecule has 0 fully saturated rings. The Morgan fingerprint density at radius 3 is 2.50 bits per heavy atom. The van der Waals surface area contributed by atoms with Crippen LogP contribution in [0, 0.1) is 5.41 Å². The van der Waals surface area contributed by atoms with E-state index in [4.69, 9.17) is 5.41 Å². The largest absolute Gasteiger partial charge is 0.333 e. The molecular formula is C12H16N4O2. The van der Waals surface area contributed by atoms with Crippen molar-refractivity contribution in [2.45, 2.75) is 19.9 Å². The number of aryl methyl sites for hydroxylation is 2. The lowest BCUT2D eigenvalue weighted by Gasteiger charge is -2.11. The van der Waals surface area contributed by atoms with Gasteiger partial charge in [0.2, 0.25) is 0 Å². The second-order valence-electron chi connectivity index (χ2n) is 4.32. The van der Waals surface area contributed by atoms with Crippen LogP contribution in [-0.2, 0) is 20.6 Å². The van der Waals surface area contributed by atoms with Gasteiger partial charge in [0, 0.05) is 26.8 Å². The van der Waals surface area contributed by atoms with Crippen molar-refractivity contribution in [3.05, 3.63) is 38.6 Å². The molecule has 1 N–H and O–H groups in total. The third-order valence-electron chi connectivity index (χ3n) is 3.11. The molecule has 0 aromatic carbocycles. The highest BCUT2D eigenvalue weighted by molar-refractivity contribution is 5.76. The van der Waals surface area contributed by atoms with Gasteiger partial charge in [0.25, 0.3) is 5.56 Å². The van der Waals surface area contributed by atoms with Crippen LogP contribution in [0.2, 0.25) is 0 Å². The number of hydrogen-bond acceptors (Lipinski definition) is 3. The van der Waals surface area contributed by atoms with E-state index in [1.54, 1.807) is 23.9 Å². The number of nitrogens with zero attached hydrogens (tertiary/aromatic N) is 3. The summed E-state index contributed by atoms with van der Waals surface area (Å²) in [7, 11) is 3.04. The molecule has 0 atom stereocenters. The maximum atomic E-state index is 12.1. The highest BCUT2D eigenvalue weighted by atomic mass is 16.2. The van der Waals surface area contributed by atoms with Crippen molar-refractivity contribution in [1.82, 2.24) is 13.7 Å². The molecule has 0 saturated heterocycles. The van der Waals surface area contributed by atoms with Crippen LogP contribution in [0.15, 0.2) is 21.9 Å². The average Bonchev–Trinajstić information content (AvgIpc) is 2.36. The second-order valence-corrected chi connectivity index (χ2v) is 4.32. The molecule has 0 bridgehead atoms. The molecule has 0 spiro atoms. The Labute approximate surface area is 103 Å². The Morgan fingerprint density at radius 1 is 1.22 bits per heavy atom. The van der Waals surface area contributed by atoms with Gasteiger partial charge in [-0.2, -0.15) is 0 Å². The number of fused-ring (bicyclic) bond motifs is 1. The summed E-state index contributed by atoms with van der Waals surface area (Å²) in [6, 6.07) is 1.71. The summed E-state index contributed by atoms with van der Waals surface area (Å²) in [6.07, 6.45) is 2.63. The van der Waals surface area contributed by atoms with Crippen molar-refractivity contribution in [3.63, 3.8) is 0 Å². The minimum absolute atomic E-state index is 0.158. The summed E-state index contributed by atoms with van der Waals surface area (Å²) in [5, 5.41) is 8.37. The summed E-state index contributed by atoms with van der Waals surface area (Å²) in [5.74, 6) is 0. The van der Waals surface area contributed by atoms with Crippen LogP contribution in [-0.4, -0.2) is 13.7 Å². The van der Waals surface area contributed by atoms with E-state index < -0.39 is 5.56 Å². The van der Waals surface area contributed by atoms with Crippen LogP contribution in [0.5, 0.6) is 0 Å². The minimum atomic E-state index is -0.413. The molecule has 2 rings (SSSR count). The van der Waals surface area contributed by atoms with Crippen molar-refractivity contribution >= 4 is 10.9 Å². The Hall–Kier alpha value is -2.11. The fourth-order valence-electron chi connectivity index (χ4n) is 2.08. The number of rotatable bonds is 2. The Kier molecular flexibility index (Phi) is 2.94. The Morgan fingerprint density at radius 2 is 1.89 bits per heavy atom. The third-order valence-corrected chi connectivity index (χ3v) is 3.11. The number of hydrogen-bond donors (Lipinski definition) is 1. The lowest BCUT2D eigenvalue weighted by Crippen LogP contribution is -2.40. The zero-order valence-corrected chi connectivity index (χ0v) is 10.7. The maximum absolute atomic E-state index is 12.1. The first kappa shape index (κ1) is 12.3. The fraction of sp³-hybridized carbons (Fsp3) is 0.417.